The smallest absolute Gasteiger partial charge is 0.293 e. The third-order valence-electron chi connectivity index (χ3n) is 4.00. The van der Waals surface area contributed by atoms with Crippen LogP contribution in [0.4, 0.5) is 4.79 Å². The molecule has 1 aromatic carbocycles. The lowest BCUT2D eigenvalue weighted by Gasteiger charge is -2.11. The number of thioether (sulfide) groups is 1. The lowest BCUT2D eigenvalue weighted by Crippen LogP contribution is -2.33. The maximum atomic E-state index is 12.5. The van der Waals surface area contributed by atoms with Gasteiger partial charge in [0.25, 0.3) is 11.1 Å². The Bertz CT molecular complexity index is 902. The predicted octanol–water partition coefficient (Wildman–Crippen LogP) is 3.60. The molecule has 0 N–H and O–H groups in total. The Hall–Kier alpha value is -2.38. The number of ether oxygens (including phenoxy) is 1. The van der Waals surface area contributed by atoms with Crippen LogP contribution < -0.4 is 4.74 Å². The molecule has 0 atom stereocenters. The zero-order valence-electron chi connectivity index (χ0n) is 13.1. The van der Waals surface area contributed by atoms with Crippen LogP contribution in [0, 0.1) is 0 Å². The normalized spacial score (nSPS) is 17.9. The molecule has 126 valence electrons. The molecule has 0 bridgehead atoms. The first-order valence-corrected chi connectivity index (χ1v) is 9.39. The van der Waals surface area contributed by atoms with Gasteiger partial charge >= 0.3 is 0 Å². The summed E-state index contributed by atoms with van der Waals surface area (Å²) in [5.41, 5.74) is 1.48. The molecule has 2 aromatic rings. The average molecular weight is 371 g/mol. The second-order valence-electron chi connectivity index (χ2n) is 5.63. The van der Waals surface area contributed by atoms with E-state index < -0.39 is 11.1 Å². The van der Waals surface area contributed by atoms with E-state index >= 15 is 0 Å². The molecule has 1 saturated heterocycles. The molecule has 0 spiro atoms. The third-order valence-corrected chi connectivity index (χ3v) is 5.73. The molecular formula is C18H13NO4S2. The molecule has 0 saturated carbocycles. The van der Waals surface area contributed by atoms with Crippen molar-refractivity contribution in [3.8, 4) is 5.75 Å². The largest absolute Gasteiger partial charge is 0.493 e. The van der Waals surface area contributed by atoms with Gasteiger partial charge < -0.3 is 4.74 Å². The van der Waals surface area contributed by atoms with Gasteiger partial charge in [-0.1, -0.05) is 6.07 Å². The van der Waals surface area contributed by atoms with Crippen LogP contribution in [-0.4, -0.2) is 35.0 Å². The minimum absolute atomic E-state index is 0.244. The van der Waals surface area contributed by atoms with Crippen LogP contribution in [0.1, 0.15) is 20.8 Å². The molecule has 2 aliphatic rings. The van der Waals surface area contributed by atoms with Gasteiger partial charge in [0.15, 0.2) is 5.78 Å². The summed E-state index contributed by atoms with van der Waals surface area (Å²) in [6, 6.07) is 8.97. The van der Waals surface area contributed by atoms with Crippen molar-refractivity contribution in [3.05, 3.63) is 56.6 Å². The quantitative estimate of drug-likeness (QED) is 0.607. The van der Waals surface area contributed by atoms with Crippen molar-refractivity contribution in [2.75, 3.05) is 13.2 Å². The Labute approximate surface area is 152 Å². The summed E-state index contributed by atoms with van der Waals surface area (Å²) in [6.07, 6.45) is 2.45. The molecule has 0 unspecified atom stereocenters. The van der Waals surface area contributed by atoms with Gasteiger partial charge in [-0.15, -0.1) is 11.3 Å². The Morgan fingerprint density at radius 1 is 1.28 bits per heavy atom. The average Bonchev–Trinajstić information content (AvgIpc) is 3.32. The van der Waals surface area contributed by atoms with Gasteiger partial charge in [-0.25, -0.2) is 0 Å². The van der Waals surface area contributed by atoms with Crippen molar-refractivity contribution >= 4 is 46.1 Å². The monoisotopic (exact) mass is 371 g/mol. The van der Waals surface area contributed by atoms with Crippen molar-refractivity contribution < 1.29 is 19.1 Å². The fourth-order valence-corrected chi connectivity index (χ4v) is 4.29. The molecule has 1 aromatic heterocycles. The first-order chi connectivity index (χ1) is 12.1. The van der Waals surface area contributed by atoms with E-state index in [2.05, 4.69) is 0 Å². The minimum atomic E-state index is -0.416. The molecule has 5 nitrogen and oxygen atoms in total. The topological polar surface area (TPSA) is 63.7 Å². The van der Waals surface area contributed by atoms with Crippen LogP contribution >= 0.6 is 23.1 Å². The number of imide groups is 1. The fourth-order valence-electron chi connectivity index (χ4n) is 2.73. The highest BCUT2D eigenvalue weighted by Gasteiger charge is 2.36. The molecule has 0 radical (unpaired) electrons. The molecule has 2 amide bonds. The second-order valence-corrected chi connectivity index (χ2v) is 7.60. The molecule has 7 heteroatoms. The minimum Gasteiger partial charge on any atom is -0.493 e. The first-order valence-electron chi connectivity index (χ1n) is 7.69. The standard InChI is InChI=1S/C18H13NO4S2/c20-14(11-3-4-15-12(8-11)5-6-23-15)10-19-17(21)16(25-18(19)22)9-13-2-1-7-24-13/h1-4,7-9H,5-6,10H2/b16-9-. The Balaban J connectivity index is 1.51. The van der Waals surface area contributed by atoms with Crippen molar-refractivity contribution in [2.45, 2.75) is 6.42 Å². The zero-order chi connectivity index (χ0) is 17.4. The summed E-state index contributed by atoms with van der Waals surface area (Å²) in [6.45, 7) is 0.371. The van der Waals surface area contributed by atoms with Crippen LogP contribution in [-0.2, 0) is 11.2 Å². The second kappa shape index (κ2) is 6.50. The van der Waals surface area contributed by atoms with E-state index in [1.54, 1.807) is 24.3 Å². The number of fused-ring (bicyclic) bond motifs is 1. The zero-order valence-corrected chi connectivity index (χ0v) is 14.7. The highest BCUT2D eigenvalue weighted by molar-refractivity contribution is 8.18. The van der Waals surface area contributed by atoms with Crippen LogP contribution in [0.2, 0.25) is 0 Å². The van der Waals surface area contributed by atoms with E-state index in [0.717, 1.165) is 39.3 Å². The number of thiophene rings is 1. The number of amides is 2. The van der Waals surface area contributed by atoms with E-state index in [9.17, 15) is 14.4 Å². The van der Waals surface area contributed by atoms with Crippen molar-refractivity contribution in [3.63, 3.8) is 0 Å². The van der Waals surface area contributed by atoms with Crippen LogP contribution in [0.3, 0.4) is 0 Å². The van der Waals surface area contributed by atoms with Crippen LogP contribution in [0.25, 0.3) is 6.08 Å². The molecule has 3 heterocycles. The number of hydrogen-bond donors (Lipinski definition) is 0. The number of nitrogens with zero attached hydrogens (tertiary/aromatic N) is 1. The summed E-state index contributed by atoms with van der Waals surface area (Å²) in [5, 5.41) is 1.49. The highest BCUT2D eigenvalue weighted by Crippen LogP contribution is 2.33. The van der Waals surface area contributed by atoms with Gasteiger partial charge in [0.2, 0.25) is 0 Å². The van der Waals surface area contributed by atoms with E-state index in [1.807, 2.05) is 17.5 Å². The number of carbonyl (C=O) groups is 3. The van der Waals surface area contributed by atoms with Gasteiger partial charge in [0, 0.05) is 16.9 Å². The Kier molecular flexibility index (Phi) is 4.19. The number of hydrogen-bond acceptors (Lipinski definition) is 6. The van der Waals surface area contributed by atoms with E-state index in [-0.39, 0.29) is 12.3 Å². The molecule has 25 heavy (non-hydrogen) atoms. The maximum absolute atomic E-state index is 12.5. The lowest BCUT2D eigenvalue weighted by atomic mass is 10.1. The number of ketones is 1. The molecule has 2 aliphatic heterocycles. The SMILES string of the molecule is O=C(CN1C(=O)S/C(=C\c2cccs2)C1=O)c1ccc2c(c1)CCO2. The summed E-state index contributed by atoms with van der Waals surface area (Å²) in [7, 11) is 0. The van der Waals surface area contributed by atoms with Gasteiger partial charge in [0.1, 0.15) is 5.75 Å². The van der Waals surface area contributed by atoms with Crippen molar-refractivity contribution in [1.82, 2.24) is 4.90 Å². The Morgan fingerprint density at radius 2 is 2.16 bits per heavy atom. The number of carbonyl (C=O) groups excluding carboxylic acids is 3. The molecule has 1 fully saturated rings. The van der Waals surface area contributed by atoms with Gasteiger partial charge in [0.05, 0.1) is 18.1 Å². The predicted molar refractivity (Wildman–Crippen MR) is 97.0 cm³/mol. The first kappa shape index (κ1) is 16.1. The molecule has 4 rings (SSSR count). The number of Topliss-reactive ketones (excluding diaryl/α,β-unsaturated/α-hetero) is 1. The number of benzene rings is 1. The maximum Gasteiger partial charge on any atom is 0.293 e. The highest BCUT2D eigenvalue weighted by atomic mass is 32.2. The lowest BCUT2D eigenvalue weighted by molar-refractivity contribution is -0.122. The van der Waals surface area contributed by atoms with Gasteiger partial charge in [-0.3, -0.25) is 19.3 Å². The molecular weight excluding hydrogens is 358 g/mol. The number of rotatable bonds is 4. The van der Waals surface area contributed by atoms with Crippen LogP contribution in [0.15, 0.2) is 40.6 Å². The summed E-state index contributed by atoms with van der Waals surface area (Å²) >= 11 is 2.36. The summed E-state index contributed by atoms with van der Waals surface area (Å²) in [5.74, 6) is 0.122. The van der Waals surface area contributed by atoms with Crippen molar-refractivity contribution in [1.29, 1.82) is 0 Å². The Morgan fingerprint density at radius 3 is 2.96 bits per heavy atom. The summed E-state index contributed by atoms with van der Waals surface area (Å²) < 4.78 is 5.42. The fraction of sp³-hybridized carbons (Fsp3) is 0.167. The van der Waals surface area contributed by atoms with E-state index in [1.165, 1.54) is 11.3 Å². The van der Waals surface area contributed by atoms with Crippen molar-refractivity contribution in [2.24, 2.45) is 0 Å². The third kappa shape index (κ3) is 3.12. The van der Waals surface area contributed by atoms with Gasteiger partial charge in [-0.05, 0) is 53.0 Å². The summed E-state index contributed by atoms with van der Waals surface area (Å²) in [4.78, 5) is 39.3. The van der Waals surface area contributed by atoms with Crippen LogP contribution in [0.5, 0.6) is 5.75 Å². The van der Waals surface area contributed by atoms with Gasteiger partial charge in [-0.2, -0.15) is 0 Å². The van der Waals surface area contributed by atoms with E-state index in [0.29, 0.717) is 17.1 Å². The van der Waals surface area contributed by atoms with E-state index in [4.69, 9.17) is 4.74 Å². The molecule has 0 aliphatic carbocycles.